The number of hydrogen-bond donors (Lipinski definition) is 2. The second-order valence-corrected chi connectivity index (χ2v) is 13.1. The normalized spacial score (nSPS) is 12.4. The minimum atomic E-state index is -4.03. The van der Waals surface area contributed by atoms with Crippen molar-refractivity contribution in [3.05, 3.63) is 82.9 Å². The van der Waals surface area contributed by atoms with E-state index in [1.54, 1.807) is 30.3 Å². The van der Waals surface area contributed by atoms with Crippen LogP contribution in [0, 0.1) is 0 Å². The van der Waals surface area contributed by atoms with Crippen LogP contribution in [0.3, 0.4) is 0 Å². The summed E-state index contributed by atoms with van der Waals surface area (Å²) in [6, 6.07) is 16.4. The molecular formula is C31H38N2O6S. The minimum absolute atomic E-state index is 0.0296. The number of carbonyl (C=O) groups is 1. The van der Waals surface area contributed by atoms with Gasteiger partial charge < -0.3 is 14.0 Å². The lowest BCUT2D eigenvalue weighted by Gasteiger charge is -2.28. The monoisotopic (exact) mass is 566 g/mol. The van der Waals surface area contributed by atoms with Crippen LogP contribution in [0.4, 0.5) is 0 Å². The molecule has 9 heteroatoms. The zero-order valence-electron chi connectivity index (χ0n) is 24.1. The van der Waals surface area contributed by atoms with Gasteiger partial charge in [-0.2, -0.15) is 13.5 Å². The van der Waals surface area contributed by atoms with Crippen LogP contribution < -0.4 is 14.3 Å². The summed E-state index contributed by atoms with van der Waals surface area (Å²) < 4.78 is 35.7. The first kappa shape index (κ1) is 30.7. The Bertz CT molecular complexity index is 1450. The van der Waals surface area contributed by atoms with Gasteiger partial charge >= 0.3 is 10.1 Å². The minimum Gasteiger partial charge on any atom is -0.507 e. The Hall–Kier alpha value is -3.85. The van der Waals surface area contributed by atoms with Gasteiger partial charge in [-0.25, -0.2) is 5.43 Å². The molecule has 1 amide bonds. The molecule has 0 spiro atoms. The van der Waals surface area contributed by atoms with Gasteiger partial charge in [-0.3, -0.25) is 4.79 Å². The Morgan fingerprint density at radius 3 is 2.08 bits per heavy atom. The SMILES string of the molecule is COc1cc(/C=N\NC(=O)CCc2cc(C(C)(C)C)c(O)c(C(C)(C)C)c2)ccc1OS(=O)(=O)c1ccccc1. The average molecular weight is 567 g/mol. The summed E-state index contributed by atoms with van der Waals surface area (Å²) in [7, 11) is -2.62. The van der Waals surface area contributed by atoms with Crippen LogP contribution in [0.25, 0.3) is 0 Å². The fraction of sp³-hybridized carbons (Fsp3) is 0.355. The van der Waals surface area contributed by atoms with Gasteiger partial charge in [0.1, 0.15) is 10.6 Å². The molecule has 0 radical (unpaired) electrons. The lowest BCUT2D eigenvalue weighted by molar-refractivity contribution is -0.121. The number of benzene rings is 3. The van der Waals surface area contributed by atoms with Crippen molar-refractivity contribution in [3.63, 3.8) is 0 Å². The smallest absolute Gasteiger partial charge is 0.339 e. The van der Waals surface area contributed by atoms with Gasteiger partial charge in [0.2, 0.25) is 5.91 Å². The van der Waals surface area contributed by atoms with Crippen molar-refractivity contribution in [1.82, 2.24) is 5.43 Å². The zero-order valence-corrected chi connectivity index (χ0v) is 24.9. The first-order valence-corrected chi connectivity index (χ1v) is 14.4. The molecule has 2 N–H and O–H groups in total. The van der Waals surface area contributed by atoms with Crippen molar-refractivity contribution < 1.29 is 27.2 Å². The van der Waals surface area contributed by atoms with Crippen LogP contribution in [0.2, 0.25) is 0 Å². The van der Waals surface area contributed by atoms with E-state index >= 15 is 0 Å². The van der Waals surface area contributed by atoms with E-state index in [2.05, 4.69) is 52.1 Å². The van der Waals surface area contributed by atoms with E-state index in [1.165, 1.54) is 31.5 Å². The second kappa shape index (κ2) is 12.1. The summed E-state index contributed by atoms with van der Waals surface area (Å²) in [6.45, 7) is 12.3. The molecule has 0 unspecified atom stereocenters. The second-order valence-electron chi connectivity index (χ2n) is 11.6. The molecule has 0 atom stereocenters. The molecule has 0 bridgehead atoms. The Kier molecular flexibility index (Phi) is 9.30. The van der Waals surface area contributed by atoms with Crippen LogP contribution in [0.15, 0.2) is 70.7 Å². The van der Waals surface area contributed by atoms with Crippen molar-refractivity contribution in [3.8, 4) is 17.2 Å². The number of nitrogens with one attached hydrogen (secondary N) is 1. The van der Waals surface area contributed by atoms with Crippen LogP contribution in [0.5, 0.6) is 17.2 Å². The molecule has 8 nitrogen and oxygen atoms in total. The fourth-order valence-electron chi connectivity index (χ4n) is 4.06. The Balaban J connectivity index is 1.66. The molecule has 0 saturated carbocycles. The van der Waals surface area contributed by atoms with Gasteiger partial charge in [-0.1, -0.05) is 71.9 Å². The van der Waals surface area contributed by atoms with Gasteiger partial charge in [0.25, 0.3) is 0 Å². The topological polar surface area (TPSA) is 114 Å². The summed E-state index contributed by atoms with van der Waals surface area (Å²) in [5.41, 5.74) is 5.28. The predicted molar refractivity (Wildman–Crippen MR) is 157 cm³/mol. The van der Waals surface area contributed by atoms with E-state index in [4.69, 9.17) is 8.92 Å². The lowest BCUT2D eigenvalue weighted by atomic mass is 9.78. The maximum atomic E-state index is 12.6. The van der Waals surface area contributed by atoms with Crippen LogP contribution in [-0.2, 0) is 32.2 Å². The third-order valence-corrected chi connectivity index (χ3v) is 7.50. The largest absolute Gasteiger partial charge is 0.507 e. The molecule has 3 rings (SSSR count). The highest BCUT2D eigenvalue weighted by atomic mass is 32.2. The predicted octanol–water partition coefficient (Wildman–Crippen LogP) is 5.85. The van der Waals surface area contributed by atoms with Crippen molar-refractivity contribution >= 4 is 22.2 Å². The summed E-state index contributed by atoms with van der Waals surface area (Å²) in [5, 5.41) is 14.9. The number of rotatable bonds is 9. The first-order chi connectivity index (χ1) is 18.6. The number of aromatic hydroxyl groups is 1. The number of methoxy groups -OCH3 is 1. The molecule has 3 aromatic rings. The Morgan fingerprint density at radius 2 is 1.52 bits per heavy atom. The highest BCUT2D eigenvalue weighted by Gasteiger charge is 2.26. The van der Waals surface area contributed by atoms with Crippen molar-refractivity contribution in [2.75, 3.05) is 7.11 Å². The van der Waals surface area contributed by atoms with Crippen LogP contribution >= 0.6 is 0 Å². The number of amides is 1. The van der Waals surface area contributed by atoms with Crippen molar-refractivity contribution in [1.29, 1.82) is 0 Å². The average Bonchev–Trinajstić information content (AvgIpc) is 2.87. The van der Waals surface area contributed by atoms with Gasteiger partial charge in [-0.15, -0.1) is 0 Å². The van der Waals surface area contributed by atoms with E-state index in [0.29, 0.717) is 17.7 Å². The number of hydrazone groups is 1. The number of phenols is 1. The van der Waals surface area contributed by atoms with Gasteiger partial charge in [0.15, 0.2) is 11.5 Å². The maximum absolute atomic E-state index is 12.6. The molecule has 214 valence electrons. The lowest BCUT2D eigenvalue weighted by Crippen LogP contribution is -2.20. The Morgan fingerprint density at radius 1 is 0.925 bits per heavy atom. The summed E-state index contributed by atoms with van der Waals surface area (Å²) in [4.78, 5) is 12.5. The molecular weight excluding hydrogens is 528 g/mol. The van der Waals surface area contributed by atoms with Crippen LogP contribution in [0.1, 0.15) is 70.2 Å². The van der Waals surface area contributed by atoms with E-state index < -0.39 is 10.1 Å². The van der Waals surface area contributed by atoms with Gasteiger partial charge in [-0.05, 0) is 69.8 Å². The number of hydrogen-bond acceptors (Lipinski definition) is 7. The van der Waals surface area contributed by atoms with E-state index in [1.807, 2.05) is 12.1 Å². The number of ether oxygens (including phenoxy) is 1. The number of aryl methyl sites for hydroxylation is 1. The highest BCUT2D eigenvalue weighted by Crippen LogP contribution is 2.40. The molecule has 0 fully saturated rings. The molecule has 0 aliphatic carbocycles. The van der Waals surface area contributed by atoms with Crippen molar-refractivity contribution in [2.24, 2.45) is 5.10 Å². The molecule has 0 heterocycles. The molecule has 3 aromatic carbocycles. The highest BCUT2D eigenvalue weighted by molar-refractivity contribution is 7.87. The molecule has 0 aliphatic heterocycles. The zero-order chi connectivity index (χ0) is 29.7. The van der Waals surface area contributed by atoms with E-state index in [0.717, 1.165) is 16.7 Å². The first-order valence-electron chi connectivity index (χ1n) is 13.0. The van der Waals surface area contributed by atoms with Crippen LogP contribution in [-0.4, -0.2) is 32.8 Å². The van der Waals surface area contributed by atoms with Crippen molar-refractivity contribution in [2.45, 2.75) is 70.1 Å². The third kappa shape index (κ3) is 7.85. The number of nitrogens with zero attached hydrogens (tertiary/aromatic N) is 1. The molecule has 40 heavy (non-hydrogen) atoms. The summed E-state index contributed by atoms with van der Waals surface area (Å²) in [6.07, 6.45) is 2.14. The van der Waals surface area contributed by atoms with Gasteiger partial charge in [0, 0.05) is 6.42 Å². The van der Waals surface area contributed by atoms with Gasteiger partial charge in [0.05, 0.1) is 13.3 Å². The number of carbonyl (C=O) groups excluding carboxylic acids is 1. The summed E-state index contributed by atoms with van der Waals surface area (Å²) >= 11 is 0. The quantitative estimate of drug-likeness (QED) is 0.191. The molecule has 0 aliphatic rings. The molecule has 0 aromatic heterocycles. The van der Waals surface area contributed by atoms with E-state index in [9.17, 15) is 18.3 Å². The summed E-state index contributed by atoms with van der Waals surface area (Å²) in [5.74, 6) is 0.277. The fourth-order valence-corrected chi connectivity index (χ4v) is 5.02. The van der Waals surface area contributed by atoms with E-state index in [-0.39, 0.29) is 39.6 Å². The molecule has 0 saturated heterocycles. The third-order valence-electron chi connectivity index (χ3n) is 6.25. The Labute approximate surface area is 237 Å². The standard InChI is InChI=1S/C31H38N2O6S/c1-30(2,3)24-17-21(18-25(29(24)35)31(4,5)6)14-16-28(34)33-32-20-22-13-15-26(27(19-22)38-7)39-40(36,37)23-11-9-8-10-12-23/h8-13,15,17-20,35H,14,16H2,1-7H3,(H,33,34)/b32-20-. The number of phenolic OH excluding ortho intramolecular Hbond substituents is 1. The maximum Gasteiger partial charge on any atom is 0.339 e.